The number of carbonyl (C=O) groups excluding carboxylic acids is 2. The van der Waals surface area contributed by atoms with E-state index in [-0.39, 0.29) is 17.3 Å². The van der Waals surface area contributed by atoms with Crippen LogP contribution in [0.2, 0.25) is 10.0 Å². The lowest BCUT2D eigenvalue weighted by atomic mass is 10.1. The number of sulfonamides is 1. The molecule has 3 aromatic rings. The molecule has 0 bridgehead atoms. The summed E-state index contributed by atoms with van der Waals surface area (Å²) in [6.45, 7) is 8.41. The van der Waals surface area contributed by atoms with E-state index in [2.05, 4.69) is 21.2 Å². The second kappa shape index (κ2) is 13.7. The number of ether oxygens (including phenoxy) is 1. The van der Waals surface area contributed by atoms with Gasteiger partial charge in [0, 0.05) is 12.1 Å². The number of hydrogen-bond donors (Lipinski definition) is 1. The SMILES string of the molecule is COc1ccc(S(=O)(=O)N(CC(=O)N(Cc2ccc(Cl)c(Cl)c2)[C@@H](C)C(=O)NC(C)(C)C)c2ccc(C)cc2)cc1Br. The Hall–Kier alpha value is -2.79. The van der Waals surface area contributed by atoms with Crippen LogP contribution in [0.4, 0.5) is 5.69 Å². The van der Waals surface area contributed by atoms with Crippen molar-refractivity contribution in [2.24, 2.45) is 0 Å². The molecule has 226 valence electrons. The van der Waals surface area contributed by atoms with Crippen LogP contribution in [-0.4, -0.2) is 50.4 Å². The smallest absolute Gasteiger partial charge is 0.264 e. The Morgan fingerprint density at radius 3 is 2.19 bits per heavy atom. The molecule has 0 unspecified atom stereocenters. The van der Waals surface area contributed by atoms with Gasteiger partial charge in [0.15, 0.2) is 0 Å². The quantitative estimate of drug-likeness (QED) is 0.258. The lowest BCUT2D eigenvalue weighted by Gasteiger charge is -2.33. The first-order valence-corrected chi connectivity index (χ1v) is 16.0. The summed E-state index contributed by atoms with van der Waals surface area (Å²) in [7, 11) is -2.76. The summed E-state index contributed by atoms with van der Waals surface area (Å²) in [5.74, 6) is -0.521. The maximum absolute atomic E-state index is 14.1. The van der Waals surface area contributed by atoms with Gasteiger partial charge in [-0.05, 0) is 98.6 Å². The number of halogens is 3. The molecular weight excluding hydrogens is 665 g/mol. The highest BCUT2D eigenvalue weighted by atomic mass is 79.9. The molecule has 0 aromatic heterocycles. The van der Waals surface area contributed by atoms with Crippen molar-refractivity contribution in [2.75, 3.05) is 18.0 Å². The summed E-state index contributed by atoms with van der Waals surface area (Å²) < 4.78 is 34.8. The molecule has 0 fully saturated rings. The van der Waals surface area contributed by atoms with Gasteiger partial charge in [-0.15, -0.1) is 0 Å². The van der Waals surface area contributed by atoms with E-state index >= 15 is 0 Å². The molecule has 42 heavy (non-hydrogen) atoms. The first-order chi connectivity index (χ1) is 19.5. The Labute approximate surface area is 266 Å². The van der Waals surface area contributed by atoms with E-state index in [0.29, 0.717) is 31.5 Å². The highest BCUT2D eigenvalue weighted by Crippen LogP contribution is 2.31. The zero-order valence-electron chi connectivity index (χ0n) is 24.2. The Morgan fingerprint density at radius 1 is 1.00 bits per heavy atom. The number of nitrogens with zero attached hydrogens (tertiary/aromatic N) is 2. The molecule has 0 heterocycles. The molecular formula is C30H34BrCl2N3O5S. The van der Waals surface area contributed by atoms with Gasteiger partial charge in [0.1, 0.15) is 18.3 Å². The van der Waals surface area contributed by atoms with Crippen molar-refractivity contribution >= 4 is 66.7 Å². The molecule has 12 heteroatoms. The molecule has 2 amide bonds. The lowest BCUT2D eigenvalue weighted by Crippen LogP contribution is -2.54. The number of rotatable bonds is 10. The maximum Gasteiger partial charge on any atom is 0.264 e. The van der Waals surface area contributed by atoms with E-state index in [4.69, 9.17) is 27.9 Å². The van der Waals surface area contributed by atoms with Crippen LogP contribution in [0, 0.1) is 6.92 Å². The van der Waals surface area contributed by atoms with Gasteiger partial charge in [-0.1, -0.05) is 47.0 Å². The number of methoxy groups -OCH3 is 1. The summed E-state index contributed by atoms with van der Waals surface area (Å²) in [5, 5.41) is 3.54. The predicted molar refractivity (Wildman–Crippen MR) is 171 cm³/mol. The molecule has 3 rings (SSSR count). The zero-order chi connectivity index (χ0) is 31.4. The summed E-state index contributed by atoms with van der Waals surface area (Å²) in [6.07, 6.45) is 0. The highest BCUT2D eigenvalue weighted by molar-refractivity contribution is 9.10. The Balaban J connectivity index is 2.07. The van der Waals surface area contributed by atoms with Crippen molar-refractivity contribution < 1.29 is 22.7 Å². The Morgan fingerprint density at radius 2 is 1.64 bits per heavy atom. The van der Waals surface area contributed by atoms with Crippen LogP contribution in [0.25, 0.3) is 0 Å². The van der Waals surface area contributed by atoms with Crippen molar-refractivity contribution in [1.82, 2.24) is 10.2 Å². The van der Waals surface area contributed by atoms with E-state index in [9.17, 15) is 18.0 Å². The van der Waals surface area contributed by atoms with E-state index in [0.717, 1.165) is 9.87 Å². The third-order valence-electron chi connectivity index (χ3n) is 6.31. The van der Waals surface area contributed by atoms with Gasteiger partial charge in [0.05, 0.1) is 32.2 Å². The standard InChI is InChI=1S/C30H34BrCl2N3O5S/c1-19-7-10-22(11-8-19)36(42(39,40)23-12-14-27(41-6)24(31)16-23)18-28(37)35(20(2)29(38)34-30(3,4)5)17-21-9-13-25(32)26(33)15-21/h7-16,20H,17-18H2,1-6H3,(H,34,38)/t20-/m0/s1. The first-order valence-electron chi connectivity index (χ1n) is 13.0. The van der Waals surface area contributed by atoms with Gasteiger partial charge >= 0.3 is 0 Å². The number of carbonyl (C=O) groups is 2. The van der Waals surface area contributed by atoms with Crippen LogP contribution in [0.5, 0.6) is 5.75 Å². The molecule has 3 aromatic carbocycles. The molecule has 1 atom stereocenters. The Bertz CT molecular complexity index is 1560. The van der Waals surface area contributed by atoms with E-state index < -0.39 is 34.1 Å². The number of amides is 2. The second-order valence-electron chi connectivity index (χ2n) is 10.8. The Kier molecular flexibility index (Phi) is 11.0. The van der Waals surface area contributed by atoms with Crippen molar-refractivity contribution in [1.29, 1.82) is 0 Å². The van der Waals surface area contributed by atoms with E-state index in [1.165, 1.54) is 30.2 Å². The van der Waals surface area contributed by atoms with Gasteiger partial charge in [0.25, 0.3) is 10.0 Å². The van der Waals surface area contributed by atoms with Gasteiger partial charge in [-0.3, -0.25) is 13.9 Å². The van der Waals surface area contributed by atoms with Crippen LogP contribution in [0.1, 0.15) is 38.8 Å². The van der Waals surface area contributed by atoms with Crippen LogP contribution < -0.4 is 14.4 Å². The molecule has 0 saturated carbocycles. The van der Waals surface area contributed by atoms with Gasteiger partial charge < -0.3 is 15.0 Å². The number of hydrogen-bond acceptors (Lipinski definition) is 5. The normalized spacial score (nSPS) is 12.4. The summed E-state index contributed by atoms with van der Waals surface area (Å²) in [5.41, 5.74) is 1.28. The zero-order valence-corrected chi connectivity index (χ0v) is 28.2. The first kappa shape index (κ1) is 33.7. The predicted octanol–water partition coefficient (Wildman–Crippen LogP) is 6.60. The number of aryl methyl sites for hydroxylation is 1. The van der Waals surface area contributed by atoms with Crippen LogP contribution in [-0.2, 0) is 26.2 Å². The van der Waals surface area contributed by atoms with Crippen LogP contribution in [0.3, 0.4) is 0 Å². The van der Waals surface area contributed by atoms with E-state index in [1.54, 1.807) is 49.4 Å². The van der Waals surface area contributed by atoms with Gasteiger partial charge in [-0.25, -0.2) is 8.42 Å². The summed E-state index contributed by atoms with van der Waals surface area (Å²) in [6, 6.07) is 15.1. The molecule has 0 aliphatic heterocycles. The fourth-order valence-corrected chi connectivity index (χ4v) is 6.52. The minimum Gasteiger partial charge on any atom is -0.496 e. The molecule has 0 radical (unpaired) electrons. The third kappa shape index (κ3) is 8.40. The molecule has 0 aliphatic rings. The molecule has 1 N–H and O–H groups in total. The second-order valence-corrected chi connectivity index (χ2v) is 14.4. The molecule has 0 spiro atoms. The van der Waals surface area contributed by atoms with Crippen molar-refractivity contribution in [3.8, 4) is 5.75 Å². The van der Waals surface area contributed by atoms with Crippen molar-refractivity contribution in [3.05, 3.63) is 86.3 Å². The van der Waals surface area contributed by atoms with E-state index in [1.807, 2.05) is 27.7 Å². The number of anilines is 1. The topological polar surface area (TPSA) is 96.0 Å². The largest absolute Gasteiger partial charge is 0.496 e. The molecule has 0 aliphatic carbocycles. The van der Waals surface area contributed by atoms with Crippen LogP contribution in [0.15, 0.2) is 70.0 Å². The average Bonchev–Trinajstić information content (AvgIpc) is 2.91. The fraction of sp³-hybridized carbons (Fsp3) is 0.333. The van der Waals surface area contributed by atoms with Crippen LogP contribution >= 0.6 is 39.1 Å². The van der Waals surface area contributed by atoms with Crippen molar-refractivity contribution in [2.45, 2.75) is 57.6 Å². The van der Waals surface area contributed by atoms with Crippen molar-refractivity contribution in [3.63, 3.8) is 0 Å². The highest BCUT2D eigenvalue weighted by Gasteiger charge is 2.33. The summed E-state index contributed by atoms with van der Waals surface area (Å²) >= 11 is 15.7. The third-order valence-corrected chi connectivity index (χ3v) is 9.44. The lowest BCUT2D eigenvalue weighted by molar-refractivity contribution is -0.140. The maximum atomic E-state index is 14.1. The molecule has 8 nitrogen and oxygen atoms in total. The summed E-state index contributed by atoms with van der Waals surface area (Å²) in [4.78, 5) is 28.6. The number of nitrogens with one attached hydrogen (secondary N) is 1. The number of benzene rings is 3. The molecule has 0 saturated heterocycles. The minimum atomic E-state index is -4.24. The fourth-order valence-electron chi connectivity index (χ4n) is 4.07. The van der Waals surface area contributed by atoms with Gasteiger partial charge in [0.2, 0.25) is 11.8 Å². The minimum absolute atomic E-state index is 0.00960. The monoisotopic (exact) mass is 697 g/mol. The average molecular weight is 699 g/mol. The van der Waals surface area contributed by atoms with Gasteiger partial charge in [-0.2, -0.15) is 0 Å².